The van der Waals surface area contributed by atoms with Crippen LogP contribution in [0.5, 0.6) is 0 Å². The zero-order chi connectivity index (χ0) is 13.0. The third-order valence-corrected chi connectivity index (χ3v) is 2.59. The second kappa shape index (κ2) is 5.19. The third kappa shape index (κ3) is 2.40. The largest absolute Gasteiger partial charge is 0.298 e. The molecule has 0 aliphatic heterocycles. The summed E-state index contributed by atoms with van der Waals surface area (Å²) >= 11 is 0. The first-order valence-corrected chi connectivity index (χ1v) is 5.40. The smallest absolute Gasteiger partial charge is 0.193 e. The molecule has 0 atom stereocenters. The molecule has 0 fully saturated rings. The van der Waals surface area contributed by atoms with Crippen molar-refractivity contribution in [3.8, 4) is 0 Å². The molecule has 0 unspecified atom stereocenters. The number of rotatable bonds is 4. The molecule has 0 saturated carbocycles. The Balaban J connectivity index is 2.34. The summed E-state index contributed by atoms with van der Waals surface area (Å²) in [4.78, 5) is 33.3. The van der Waals surface area contributed by atoms with Crippen molar-refractivity contribution >= 4 is 18.4 Å². The second-order valence-electron chi connectivity index (χ2n) is 3.81. The minimum atomic E-state index is -0.170. The highest BCUT2D eigenvalue weighted by atomic mass is 16.1. The van der Waals surface area contributed by atoms with Crippen molar-refractivity contribution in [2.75, 3.05) is 0 Å². The van der Waals surface area contributed by atoms with Crippen LogP contribution >= 0.6 is 0 Å². The number of hydrogen-bond acceptors (Lipinski definition) is 3. The quantitative estimate of drug-likeness (QED) is 0.607. The molecule has 88 valence electrons. The van der Waals surface area contributed by atoms with Crippen molar-refractivity contribution in [2.45, 2.75) is 0 Å². The Bertz CT molecular complexity index is 597. The van der Waals surface area contributed by atoms with Crippen LogP contribution in [0.3, 0.4) is 0 Å². The van der Waals surface area contributed by atoms with Gasteiger partial charge in [0.1, 0.15) is 12.6 Å². The molecule has 18 heavy (non-hydrogen) atoms. The first-order chi connectivity index (χ1) is 8.74. The van der Waals surface area contributed by atoms with Gasteiger partial charge >= 0.3 is 0 Å². The van der Waals surface area contributed by atoms with Crippen molar-refractivity contribution in [2.24, 2.45) is 0 Å². The zero-order valence-corrected chi connectivity index (χ0v) is 9.50. The Labute approximate surface area is 104 Å². The molecule has 0 amide bonds. The molecular weight excluding hydrogens is 228 g/mol. The van der Waals surface area contributed by atoms with Gasteiger partial charge in [0.15, 0.2) is 5.78 Å². The summed E-state index contributed by atoms with van der Waals surface area (Å²) in [6.45, 7) is 0. The van der Waals surface area contributed by atoms with Crippen molar-refractivity contribution in [1.29, 1.82) is 0 Å². The van der Waals surface area contributed by atoms with E-state index in [1.165, 1.54) is 0 Å². The number of hydrogen-bond donors (Lipinski definition) is 0. The molecule has 3 nitrogen and oxygen atoms in total. The normalized spacial score (nSPS) is 9.78. The second-order valence-corrected chi connectivity index (χ2v) is 3.81. The molecule has 2 aromatic carbocycles. The van der Waals surface area contributed by atoms with Gasteiger partial charge in [0, 0.05) is 22.3 Å². The van der Waals surface area contributed by atoms with E-state index in [9.17, 15) is 14.4 Å². The summed E-state index contributed by atoms with van der Waals surface area (Å²) in [5, 5.41) is 0. The maximum absolute atomic E-state index is 12.1. The van der Waals surface area contributed by atoms with Crippen LogP contribution in [0.25, 0.3) is 0 Å². The molecule has 0 bridgehead atoms. The van der Waals surface area contributed by atoms with Gasteiger partial charge in [0.05, 0.1) is 0 Å². The molecule has 0 saturated heterocycles. The van der Waals surface area contributed by atoms with Gasteiger partial charge in [-0.1, -0.05) is 42.5 Å². The van der Waals surface area contributed by atoms with Crippen LogP contribution in [-0.2, 0) is 0 Å². The van der Waals surface area contributed by atoms with E-state index in [0.29, 0.717) is 28.5 Å². The van der Waals surface area contributed by atoms with Gasteiger partial charge < -0.3 is 0 Å². The fraction of sp³-hybridized carbons (Fsp3) is 0. The van der Waals surface area contributed by atoms with Gasteiger partial charge in [-0.2, -0.15) is 0 Å². The van der Waals surface area contributed by atoms with Crippen LogP contribution in [0.1, 0.15) is 36.6 Å². The van der Waals surface area contributed by atoms with Gasteiger partial charge in [0.2, 0.25) is 0 Å². The minimum absolute atomic E-state index is 0.170. The lowest BCUT2D eigenvalue weighted by atomic mass is 10.0. The highest BCUT2D eigenvalue weighted by Crippen LogP contribution is 2.11. The summed E-state index contributed by atoms with van der Waals surface area (Å²) in [6, 6.07) is 12.9. The number of carbonyl (C=O) groups is 3. The van der Waals surface area contributed by atoms with Gasteiger partial charge in [-0.3, -0.25) is 14.4 Å². The molecule has 0 heterocycles. The minimum Gasteiger partial charge on any atom is -0.298 e. The lowest BCUT2D eigenvalue weighted by Gasteiger charge is -2.02. The third-order valence-electron chi connectivity index (χ3n) is 2.59. The molecule has 0 radical (unpaired) electrons. The number of benzene rings is 2. The fourth-order valence-corrected chi connectivity index (χ4v) is 1.63. The Morgan fingerprint density at radius 2 is 1.44 bits per heavy atom. The summed E-state index contributed by atoms with van der Waals surface area (Å²) < 4.78 is 0. The Morgan fingerprint density at radius 3 is 2.06 bits per heavy atom. The van der Waals surface area contributed by atoms with E-state index in [1.54, 1.807) is 48.5 Å². The summed E-state index contributed by atoms with van der Waals surface area (Å²) in [6.07, 6.45) is 1.42. The monoisotopic (exact) mass is 238 g/mol. The predicted octanol–water partition coefficient (Wildman–Crippen LogP) is 2.54. The molecule has 0 aliphatic carbocycles. The van der Waals surface area contributed by atoms with Crippen LogP contribution in [0.15, 0.2) is 48.5 Å². The lowest BCUT2D eigenvalue weighted by molar-refractivity contribution is 0.103. The van der Waals surface area contributed by atoms with Crippen molar-refractivity contribution in [3.05, 3.63) is 70.8 Å². The summed E-state index contributed by atoms with van der Waals surface area (Å²) in [5.74, 6) is -0.170. The molecule has 0 N–H and O–H groups in total. The average molecular weight is 238 g/mol. The maximum atomic E-state index is 12.1. The summed E-state index contributed by atoms with van der Waals surface area (Å²) in [5.41, 5.74) is 1.93. The topological polar surface area (TPSA) is 51.2 Å². The van der Waals surface area contributed by atoms with E-state index in [1.807, 2.05) is 0 Å². The lowest BCUT2D eigenvalue weighted by Crippen LogP contribution is -2.02. The molecule has 2 aromatic rings. The first kappa shape index (κ1) is 11.9. The SMILES string of the molecule is O=Cc1ccc(C(=O)c2cccc(C=O)c2)cc1. The standard InChI is InChI=1S/C15H10O3/c16-9-11-4-6-13(7-5-11)15(18)14-3-1-2-12(8-14)10-17/h1-10H. The Hall–Kier alpha value is -2.55. The number of aldehydes is 2. The van der Waals surface area contributed by atoms with Gasteiger partial charge in [-0.05, 0) is 6.07 Å². The van der Waals surface area contributed by atoms with Gasteiger partial charge in [-0.25, -0.2) is 0 Å². The molecular formula is C15H10O3. The van der Waals surface area contributed by atoms with Crippen LogP contribution in [0.2, 0.25) is 0 Å². The van der Waals surface area contributed by atoms with Gasteiger partial charge in [-0.15, -0.1) is 0 Å². The predicted molar refractivity (Wildman–Crippen MR) is 67.1 cm³/mol. The van der Waals surface area contributed by atoms with Crippen LogP contribution in [0.4, 0.5) is 0 Å². The zero-order valence-electron chi connectivity index (χ0n) is 9.50. The van der Waals surface area contributed by atoms with E-state index in [2.05, 4.69) is 0 Å². The van der Waals surface area contributed by atoms with Gasteiger partial charge in [0.25, 0.3) is 0 Å². The van der Waals surface area contributed by atoms with Crippen LogP contribution in [-0.4, -0.2) is 18.4 Å². The average Bonchev–Trinajstić information content (AvgIpc) is 2.46. The van der Waals surface area contributed by atoms with E-state index < -0.39 is 0 Å². The van der Waals surface area contributed by atoms with E-state index >= 15 is 0 Å². The van der Waals surface area contributed by atoms with Crippen molar-refractivity contribution in [3.63, 3.8) is 0 Å². The number of ketones is 1. The van der Waals surface area contributed by atoms with E-state index in [0.717, 1.165) is 6.29 Å². The molecule has 0 aromatic heterocycles. The molecule has 3 heteroatoms. The van der Waals surface area contributed by atoms with Crippen molar-refractivity contribution in [1.82, 2.24) is 0 Å². The Kier molecular flexibility index (Phi) is 3.44. The van der Waals surface area contributed by atoms with Crippen LogP contribution in [0, 0.1) is 0 Å². The Morgan fingerprint density at radius 1 is 0.778 bits per heavy atom. The van der Waals surface area contributed by atoms with E-state index in [4.69, 9.17) is 0 Å². The van der Waals surface area contributed by atoms with E-state index in [-0.39, 0.29) is 5.78 Å². The van der Waals surface area contributed by atoms with Crippen LogP contribution < -0.4 is 0 Å². The highest BCUT2D eigenvalue weighted by molar-refractivity contribution is 6.09. The molecule has 0 aliphatic rings. The number of carbonyl (C=O) groups excluding carboxylic acids is 3. The summed E-state index contributed by atoms with van der Waals surface area (Å²) in [7, 11) is 0. The fourth-order valence-electron chi connectivity index (χ4n) is 1.63. The van der Waals surface area contributed by atoms with Crippen molar-refractivity contribution < 1.29 is 14.4 Å². The first-order valence-electron chi connectivity index (χ1n) is 5.40. The molecule has 0 spiro atoms. The molecule has 2 rings (SSSR count). The highest BCUT2D eigenvalue weighted by Gasteiger charge is 2.09. The maximum Gasteiger partial charge on any atom is 0.193 e.